The molecule has 1 aromatic heterocycles. The van der Waals surface area contributed by atoms with Crippen molar-refractivity contribution in [1.29, 1.82) is 0 Å². The van der Waals surface area contributed by atoms with E-state index in [2.05, 4.69) is 103 Å². The molecule has 1 heterocycles. The van der Waals surface area contributed by atoms with E-state index < -0.39 is 0 Å². The van der Waals surface area contributed by atoms with Gasteiger partial charge in [0.15, 0.2) is 6.20 Å². The molecule has 0 amide bonds. The van der Waals surface area contributed by atoms with E-state index in [-0.39, 0.29) is 0 Å². The number of rotatable bonds is 2. The second-order valence-corrected chi connectivity index (χ2v) is 6.32. The summed E-state index contributed by atoms with van der Waals surface area (Å²) in [5, 5.41) is 1.28. The Morgan fingerprint density at radius 3 is 2.12 bits per heavy atom. The normalized spacial score (nSPS) is 10.9. The maximum absolute atomic E-state index is 2.28. The molecule has 0 spiro atoms. The van der Waals surface area contributed by atoms with Crippen molar-refractivity contribution in [2.75, 3.05) is 0 Å². The van der Waals surface area contributed by atoms with Crippen LogP contribution in [-0.4, -0.2) is 0 Å². The van der Waals surface area contributed by atoms with E-state index in [1.807, 2.05) is 0 Å². The van der Waals surface area contributed by atoms with Gasteiger partial charge in [-0.05, 0) is 25.5 Å². The summed E-state index contributed by atoms with van der Waals surface area (Å²) in [6, 6.07) is 28.2. The van der Waals surface area contributed by atoms with Crippen LogP contribution < -0.4 is 4.57 Å². The minimum atomic E-state index is 1.19. The van der Waals surface area contributed by atoms with Gasteiger partial charge < -0.3 is 0 Å². The third-order valence-corrected chi connectivity index (χ3v) is 4.49. The first-order valence-corrected chi connectivity index (χ1v) is 8.30. The van der Waals surface area contributed by atoms with Crippen molar-refractivity contribution in [1.82, 2.24) is 0 Å². The average molecular weight is 310 g/mol. The third-order valence-electron chi connectivity index (χ3n) is 4.49. The Balaban J connectivity index is 2.00. The molecule has 3 aromatic carbocycles. The van der Waals surface area contributed by atoms with E-state index >= 15 is 0 Å². The molecule has 1 nitrogen and oxygen atoms in total. The summed E-state index contributed by atoms with van der Waals surface area (Å²) >= 11 is 0. The van der Waals surface area contributed by atoms with E-state index in [9.17, 15) is 0 Å². The van der Waals surface area contributed by atoms with Crippen molar-refractivity contribution in [2.45, 2.75) is 13.8 Å². The standard InChI is InChI=1S/C23H20N/c1-17-8-11-20(12-9-17)24-15-14-21(19-6-4-3-5-7-19)22-16-18(2)10-13-23(22)24/h3-16H,1-2H3/q+1. The summed E-state index contributed by atoms with van der Waals surface area (Å²) in [5.41, 5.74) is 7.50. The molecule has 0 saturated carbocycles. The van der Waals surface area contributed by atoms with Crippen molar-refractivity contribution < 1.29 is 4.57 Å². The molecule has 1 heteroatoms. The van der Waals surface area contributed by atoms with Gasteiger partial charge in [0, 0.05) is 29.8 Å². The Hall–Kier alpha value is -2.93. The highest BCUT2D eigenvalue weighted by Gasteiger charge is 2.16. The van der Waals surface area contributed by atoms with Gasteiger partial charge in [-0.2, -0.15) is 4.57 Å². The van der Waals surface area contributed by atoms with Crippen LogP contribution in [-0.2, 0) is 0 Å². The molecule has 0 atom stereocenters. The van der Waals surface area contributed by atoms with Gasteiger partial charge in [0.1, 0.15) is 0 Å². The first kappa shape index (κ1) is 14.6. The van der Waals surface area contributed by atoms with Crippen LogP contribution in [0.15, 0.2) is 85.1 Å². The summed E-state index contributed by atoms with van der Waals surface area (Å²) in [5.74, 6) is 0. The van der Waals surface area contributed by atoms with Gasteiger partial charge in [-0.25, -0.2) is 0 Å². The largest absolute Gasteiger partial charge is 0.219 e. The zero-order valence-corrected chi connectivity index (χ0v) is 14.0. The molecular formula is C23H20N+. The number of benzene rings is 3. The van der Waals surface area contributed by atoms with Crippen molar-refractivity contribution in [3.63, 3.8) is 0 Å². The van der Waals surface area contributed by atoms with Crippen molar-refractivity contribution in [3.05, 3.63) is 96.2 Å². The van der Waals surface area contributed by atoms with Gasteiger partial charge in [0.25, 0.3) is 0 Å². The highest BCUT2D eigenvalue weighted by atomic mass is 15.0. The minimum absolute atomic E-state index is 1.19. The Morgan fingerprint density at radius 2 is 1.38 bits per heavy atom. The Labute approximate surface area is 142 Å². The molecule has 0 bridgehead atoms. The lowest BCUT2D eigenvalue weighted by atomic mass is 9.99. The van der Waals surface area contributed by atoms with Crippen molar-refractivity contribution in [3.8, 4) is 16.8 Å². The lowest BCUT2D eigenvalue weighted by molar-refractivity contribution is -0.567. The van der Waals surface area contributed by atoms with Crippen LogP contribution >= 0.6 is 0 Å². The molecule has 0 aliphatic carbocycles. The first-order valence-electron chi connectivity index (χ1n) is 8.30. The summed E-state index contributed by atoms with van der Waals surface area (Å²) in [4.78, 5) is 0. The highest BCUT2D eigenvalue weighted by Crippen LogP contribution is 2.28. The molecule has 4 rings (SSSR count). The van der Waals surface area contributed by atoms with Gasteiger partial charge >= 0.3 is 0 Å². The Bertz CT molecular complexity index is 999. The van der Waals surface area contributed by atoms with E-state index in [0.29, 0.717) is 0 Å². The molecular weight excluding hydrogens is 290 g/mol. The number of hydrogen-bond donors (Lipinski definition) is 0. The Kier molecular flexibility index (Phi) is 3.62. The van der Waals surface area contributed by atoms with Gasteiger partial charge in [0.05, 0.1) is 5.39 Å². The second kappa shape index (κ2) is 5.93. The quantitative estimate of drug-likeness (QED) is 0.436. The maximum Gasteiger partial charge on any atom is 0.219 e. The van der Waals surface area contributed by atoms with Gasteiger partial charge in [-0.15, -0.1) is 0 Å². The topological polar surface area (TPSA) is 3.88 Å². The zero-order valence-electron chi connectivity index (χ0n) is 14.0. The molecule has 0 aliphatic rings. The fourth-order valence-corrected chi connectivity index (χ4v) is 3.19. The number of pyridine rings is 1. The first-order chi connectivity index (χ1) is 11.7. The molecule has 0 fully saturated rings. The predicted molar refractivity (Wildman–Crippen MR) is 100 cm³/mol. The molecule has 4 aromatic rings. The van der Waals surface area contributed by atoms with Crippen LogP contribution in [0.1, 0.15) is 11.1 Å². The van der Waals surface area contributed by atoms with Crippen molar-refractivity contribution in [2.24, 2.45) is 0 Å². The highest BCUT2D eigenvalue weighted by molar-refractivity contribution is 5.93. The van der Waals surface area contributed by atoms with Gasteiger partial charge in [-0.3, -0.25) is 0 Å². The fraction of sp³-hybridized carbons (Fsp3) is 0.0870. The molecule has 0 N–H and O–H groups in total. The van der Waals surface area contributed by atoms with E-state index in [0.717, 1.165) is 0 Å². The van der Waals surface area contributed by atoms with Gasteiger partial charge in [-0.1, -0.05) is 59.7 Å². The summed E-state index contributed by atoms with van der Waals surface area (Å²) in [6.07, 6.45) is 2.17. The van der Waals surface area contributed by atoms with Gasteiger partial charge in [0.2, 0.25) is 11.2 Å². The number of hydrogen-bond acceptors (Lipinski definition) is 0. The lowest BCUT2D eigenvalue weighted by Crippen LogP contribution is -2.31. The molecule has 24 heavy (non-hydrogen) atoms. The van der Waals surface area contributed by atoms with E-state index in [4.69, 9.17) is 0 Å². The molecule has 0 radical (unpaired) electrons. The predicted octanol–water partition coefficient (Wildman–Crippen LogP) is 5.40. The van der Waals surface area contributed by atoms with Crippen molar-refractivity contribution >= 4 is 10.9 Å². The molecule has 0 saturated heterocycles. The summed E-state index contributed by atoms with van der Waals surface area (Å²) < 4.78 is 2.26. The van der Waals surface area contributed by atoms with Crippen LogP contribution in [0.4, 0.5) is 0 Å². The number of aromatic nitrogens is 1. The number of nitrogens with zero attached hydrogens (tertiary/aromatic N) is 1. The van der Waals surface area contributed by atoms with Crippen LogP contribution in [0.5, 0.6) is 0 Å². The maximum atomic E-state index is 2.28. The number of fused-ring (bicyclic) bond motifs is 1. The molecule has 116 valence electrons. The molecule has 0 aliphatic heterocycles. The van der Waals surface area contributed by atoms with E-state index in [1.54, 1.807) is 0 Å². The summed E-state index contributed by atoms with van der Waals surface area (Å²) in [7, 11) is 0. The summed E-state index contributed by atoms with van der Waals surface area (Å²) in [6.45, 7) is 4.27. The third kappa shape index (κ3) is 2.59. The lowest BCUT2D eigenvalue weighted by Gasteiger charge is -2.08. The SMILES string of the molecule is Cc1ccc(-[n+]2ccc(-c3ccccc3)c3cc(C)ccc32)cc1. The van der Waals surface area contributed by atoms with Crippen LogP contribution in [0.25, 0.3) is 27.7 Å². The Morgan fingerprint density at radius 1 is 0.667 bits per heavy atom. The average Bonchev–Trinajstić information content (AvgIpc) is 2.62. The second-order valence-electron chi connectivity index (χ2n) is 6.32. The minimum Gasteiger partial charge on any atom is -0.160 e. The fourth-order valence-electron chi connectivity index (χ4n) is 3.19. The molecule has 0 unspecified atom stereocenters. The zero-order chi connectivity index (χ0) is 16.5. The van der Waals surface area contributed by atoms with Crippen LogP contribution in [0.3, 0.4) is 0 Å². The number of aryl methyl sites for hydroxylation is 2. The van der Waals surface area contributed by atoms with E-state index in [1.165, 1.54) is 38.8 Å². The monoisotopic (exact) mass is 310 g/mol. The van der Waals surface area contributed by atoms with Crippen LogP contribution in [0.2, 0.25) is 0 Å². The smallest absolute Gasteiger partial charge is 0.160 e. The van der Waals surface area contributed by atoms with Crippen LogP contribution in [0, 0.1) is 13.8 Å².